The molecule has 3 saturated heterocycles. The van der Waals surface area contributed by atoms with Crippen LogP contribution >= 0.6 is 0 Å². The third kappa shape index (κ3) is 14.2. The average Bonchev–Trinajstić information content (AvgIpc) is 4.07. The number of aromatic nitrogens is 1. The Balaban J connectivity index is 1.57. The largest absolute Gasteiger partial charge is 0.370 e. The minimum atomic E-state index is -1.24. The zero-order valence-corrected chi connectivity index (χ0v) is 41.6. The van der Waals surface area contributed by atoms with E-state index in [2.05, 4.69) is 41.9 Å². The summed E-state index contributed by atoms with van der Waals surface area (Å²) in [5, 5.41) is 18.1. The zero-order chi connectivity index (χ0) is 50.7. The van der Waals surface area contributed by atoms with Gasteiger partial charge in [0.2, 0.25) is 47.3 Å². The summed E-state index contributed by atoms with van der Waals surface area (Å²) < 4.78 is 0. The molecule has 5 rings (SSSR count). The number of rotatable bonds is 12. The molecule has 8 atom stereocenters. The number of benzene rings is 1. The maximum Gasteiger partial charge on any atom is 0.246 e. The molecular weight excluding hydrogens is 885 g/mol. The van der Waals surface area contributed by atoms with Crippen LogP contribution in [0, 0.1) is 23.7 Å². The van der Waals surface area contributed by atoms with E-state index >= 15 is 0 Å². The van der Waals surface area contributed by atoms with E-state index in [1.54, 1.807) is 33.9 Å². The van der Waals surface area contributed by atoms with Gasteiger partial charge in [-0.25, -0.2) is 0 Å². The highest BCUT2D eigenvalue weighted by Gasteiger charge is 2.44. The number of fused-ring (bicyclic) bond motifs is 3. The molecule has 0 radical (unpaired) electrons. The van der Waals surface area contributed by atoms with E-state index < -0.39 is 107 Å². The summed E-state index contributed by atoms with van der Waals surface area (Å²) in [4.78, 5) is 126. The van der Waals surface area contributed by atoms with Crippen LogP contribution in [-0.2, 0) is 44.8 Å². The topological polar surface area (TPSA) is 295 Å². The predicted octanol–water partition coefficient (Wildman–Crippen LogP) is 1.07. The van der Waals surface area contributed by atoms with Gasteiger partial charge in [0.15, 0.2) is 5.96 Å². The highest BCUT2D eigenvalue weighted by Crippen LogP contribution is 2.25. The number of hydrogen-bond donors (Lipinski definition) is 9. The van der Waals surface area contributed by atoms with E-state index in [4.69, 9.17) is 11.5 Å². The fraction of sp³-hybridized carbons (Fsp3) is 0.653. The van der Waals surface area contributed by atoms with Crippen LogP contribution in [-0.4, -0.2) is 136 Å². The van der Waals surface area contributed by atoms with Crippen LogP contribution in [0.25, 0.3) is 10.9 Å². The fourth-order valence-electron chi connectivity index (χ4n) is 9.51. The molecule has 1 aromatic heterocycles. The monoisotopic (exact) mass is 961 g/mol. The Bertz CT molecular complexity index is 2200. The Morgan fingerprint density at radius 1 is 0.609 bits per heavy atom. The highest BCUT2D eigenvalue weighted by molar-refractivity contribution is 5.99. The van der Waals surface area contributed by atoms with Gasteiger partial charge in [0.1, 0.15) is 48.3 Å². The molecule has 2 aromatic rings. The summed E-state index contributed by atoms with van der Waals surface area (Å²) in [5.74, 6) is -5.92. The summed E-state index contributed by atoms with van der Waals surface area (Å²) >= 11 is 0. The van der Waals surface area contributed by atoms with E-state index in [1.165, 1.54) is 9.80 Å². The Hall–Kier alpha value is -6.21. The molecule has 3 aliphatic rings. The van der Waals surface area contributed by atoms with Crippen molar-refractivity contribution in [2.45, 2.75) is 162 Å². The van der Waals surface area contributed by atoms with Gasteiger partial charge in [0, 0.05) is 43.2 Å². The Kier molecular flexibility index (Phi) is 19.0. The first kappa shape index (κ1) is 53.7. The Morgan fingerprint density at radius 3 is 1.67 bits per heavy atom. The number of amides is 8. The summed E-state index contributed by atoms with van der Waals surface area (Å²) in [5.41, 5.74) is 12.7. The molecule has 8 amide bonds. The van der Waals surface area contributed by atoms with Gasteiger partial charge in [-0.2, -0.15) is 0 Å². The normalized spacial score (nSPS) is 26.3. The van der Waals surface area contributed by atoms with Gasteiger partial charge in [-0.05, 0) is 86.7 Å². The van der Waals surface area contributed by atoms with Crippen LogP contribution in [0.15, 0.2) is 35.5 Å². The number of nitrogens with zero attached hydrogens (tertiary/aromatic N) is 3. The lowest BCUT2D eigenvalue weighted by atomic mass is 9.97. The van der Waals surface area contributed by atoms with Gasteiger partial charge in [-0.15, -0.1) is 0 Å². The first-order valence-electron chi connectivity index (χ1n) is 24.7. The molecule has 20 nitrogen and oxygen atoms in total. The number of carbonyl (C=O) groups excluding carboxylic acids is 8. The van der Waals surface area contributed by atoms with Crippen molar-refractivity contribution in [1.29, 1.82) is 0 Å². The lowest BCUT2D eigenvalue weighted by Crippen LogP contribution is -2.62. The highest BCUT2D eigenvalue weighted by atomic mass is 16.2. The molecule has 0 aliphatic carbocycles. The number of carbonyl (C=O) groups is 8. The minimum absolute atomic E-state index is 0.0123. The molecule has 4 heterocycles. The van der Waals surface area contributed by atoms with Crippen molar-refractivity contribution < 1.29 is 38.4 Å². The molecule has 0 saturated carbocycles. The molecule has 0 bridgehead atoms. The van der Waals surface area contributed by atoms with E-state index in [-0.39, 0.29) is 69.5 Å². The molecule has 3 fully saturated rings. The molecule has 0 spiro atoms. The number of aliphatic imine (C=N–C) groups is 1. The van der Waals surface area contributed by atoms with Gasteiger partial charge in [-0.3, -0.25) is 43.3 Å². The Labute approximate surface area is 405 Å². The lowest BCUT2D eigenvalue weighted by molar-refractivity contribution is -0.145. The lowest BCUT2D eigenvalue weighted by Gasteiger charge is -2.34. The number of aromatic amines is 1. The van der Waals surface area contributed by atoms with E-state index in [1.807, 2.05) is 52.0 Å². The summed E-state index contributed by atoms with van der Waals surface area (Å²) in [6.45, 7) is 15.2. The van der Waals surface area contributed by atoms with Crippen LogP contribution in [0.5, 0.6) is 0 Å². The van der Waals surface area contributed by atoms with Gasteiger partial charge < -0.3 is 58.2 Å². The standard InChI is InChI=1S/C49H76N12O8/c1-26(2)22-34-42(63)55-36(24-30-25-53-32-15-10-9-14-31(30)32)43(64)58-39(28(5)6)46(67)57-35(23-27(3)4)41(62)54-33(16-11-19-52-49(50)51)47(68)60-20-12-18-38(60)45(66)59-40(29(7)8)48(69)61-21-13-17-37(61)44(65)56-34/h9-10,14-15,25-29,33-40,53H,11-13,16-24H2,1-8H3,(H,54,62)(H,55,63)(H,56,65)(H,57,67)(H,58,64)(H,59,66)(H4,50,51,52). The van der Waals surface area contributed by atoms with E-state index in [0.717, 1.165) is 16.5 Å². The second kappa shape index (κ2) is 24.4. The second-order valence-electron chi connectivity index (χ2n) is 20.4. The minimum Gasteiger partial charge on any atom is -0.370 e. The number of H-pyrrole nitrogens is 1. The molecule has 1 aromatic carbocycles. The van der Waals surface area contributed by atoms with Crippen LogP contribution in [0.4, 0.5) is 0 Å². The zero-order valence-electron chi connectivity index (χ0n) is 41.6. The van der Waals surface area contributed by atoms with Crippen LogP contribution in [0.2, 0.25) is 0 Å². The predicted molar refractivity (Wildman–Crippen MR) is 262 cm³/mol. The number of hydrogen-bond acceptors (Lipinski definition) is 9. The molecule has 3 aliphatic heterocycles. The molecule has 380 valence electrons. The number of nitrogens with one attached hydrogen (secondary N) is 7. The van der Waals surface area contributed by atoms with Crippen molar-refractivity contribution in [3.05, 3.63) is 36.0 Å². The van der Waals surface area contributed by atoms with Crippen LogP contribution < -0.4 is 43.4 Å². The maximum atomic E-state index is 14.6. The van der Waals surface area contributed by atoms with Crippen molar-refractivity contribution in [3.63, 3.8) is 0 Å². The third-order valence-corrected chi connectivity index (χ3v) is 13.1. The number of nitrogens with two attached hydrogens (primary N) is 2. The van der Waals surface area contributed by atoms with Gasteiger partial charge >= 0.3 is 0 Å². The van der Waals surface area contributed by atoms with E-state index in [0.29, 0.717) is 25.7 Å². The molecule has 11 N–H and O–H groups in total. The van der Waals surface area contributed by atoms with Crippen molar-refractivity contribution in [2.24, 2.45) is 40.1 Å². The van der Waals surface area contributed by atoms with Gasteiger partial charge in [0.05, 0.1) is 0 Å². The van der Waals surface area contributed by atoms with Gasteiger partial charge in [0.25, 0.3) is 0 Å². The molecule has 20 heteroatoms. The van der Waals surface area contributed by atoms with Crippen molar-refractivity contribution >= 4 is 64.1 Å². The first-order valence-corrected chi connectivity index (χ1v) is 24.7. The van der Waals surface area contributed by atoms with Crippen LogP contribution in [0.1, 0.15) is 112 Å². The molecular formula is C49H76N12O8. The second-order valence-corrected chi connectivity index (χ2v) is 20.4. The molecule has 69 heavy (non-hydrogen) atoms. The van der Waals surface area contributed by atoms with Crippen molar-refractivity contribution in [3.8, 4) is 0 Å². The van der Waals surface area contributed by atoms with Crippen molar-refractivity contribution in [1.82, 2.24) is 46.7 Å². The number of guanidine groups is 1. The fourth-order valence-corrected chi connectivity index (χ4v) is 9.51. The third-order valence-electron chi connectivity index (χ3n) is 13.1. The average molecular weight is 961 g/mol. The van der Waals surface area contributed by atoms with E-state index in [9.17, 15) is 38.4 Å². The van der Waals surface area contributed by atoms with Gasteiger partial charge in [-0.1, -0.05) is 73.6 Å². The Morgan fingerprint density at radius 2 is 1.10 bits per heavy atom. The number of para-hydroxylation sites is 1. The van der Waals surface area contributed by atoms with Crippen molar-refractivity contribution in [2.75, 3.05) is 19.6 Å². The summed E-state index contributed by atoms with van der Waals surface area (Å²) in [6.07, 6.45) is 4.11. The molecule has 8 unspecified atom stereocenters. The SMILES string of the molecule is CC(C)CC1NC(=O)C(C(C)C)NC(=O)C(Cc2c[nH]c3ccccc23)NC(=O)C(CC(C)C)NC(=O)C2CCCN2C(=O)C(C(C)C)NC(=O)C2CCCN2C(=O)C(CCCN=C(N)N)NC1=O. The smallest absolute Gasteiger partial charge is 0.246 e. The summed E-state index contributed by atoms with van der Waals surface area (Å²) in [6, 6.07) is -1.31. The summed E-state index contributed by atoms with van der Waals surface area (Å²) in [7, 11) is 0. The van der Waals surface area contributed by atoms with Crippen LogP contribution in [0.3, 0.4) is 0 Å². The first-order chi connectivity index (χ1) is 32.7. The maximum absolute atomic E-state index is 14.6. The quantitative estimate of drug-likeness (QED) is 0.0829.